The molecule has 1 aromatic heterocycles. The third kappa shape index (κ3) is 5.64. The van der Waals surface area contributed by atoms with Crippen molar-refractivity contribution < 1.29 is 4.79 Å². The Morgan fingerprint density at radius 2 is 1.92 bits per heavy atom. The largest absolute Gasteiger partial charge is 0.349 e. The van der Waals surface area contributed by atoms with Crippen LogP contribution in [0.5, 0.6) is 0 Å². The van der Waals surface area contributed by atoms with Gasteiger partial charge in [0.15, 0.2) is 0 Å². The Morgan fingerprint density at radius 1 is 1.21 bits per heavy atom. The lowest BCUT2D eigenvalue weighted by Gasteiger charge is -2.19. The fraction of sp³-hybridized carbons (Fsp3) is 0.474. The van der Waals surface area contributed by atoms with Crippen molar-refractivity contribution in [1.29, 1.82) is 0 Å². The quantitative estimate of drug-likeness (QED) is 0.730. The highest BCUT2D eigenvalue weighted by atomic mass is 32.2. The first-order chi connectivity index (χ1) is 11.5. The number of hydrogen-bond donors (Lipinski definition) is 1. The van der Waals surface area contributed by atoms with E-state index in [0.29, 0.717) is 18.4 Å². The molecule has 0 bridgehead atoms. The molecular formula is C19H26N2OS2. The van der Waals surface area contributed by atoms with Gasteiger partial charge in [-0.1, -0.05) is 58.0 Å². The molecule has 0 aliphatic carbocycles. The predicted molar refractivity (Wildman–Crippen MR) is 104 cm³/mol. The van der Waals surface area contributed by atoms with Crippen LogP contribution < -0.4 is 5.32 Å². The van der Waals surface area contributed by atoms with E-state index in [0.717, 1.165) is 16.5 Å². The smallest absolute Gasteiger partial charge is 0.233 e. The van der Waals surface area contributed by atoms with Gasteiger partial charge < -0.3 is 5.32 Å². The van der Waals surface area contributed by atoms with Gasteiger partial charge in [-0.3, -0.25) is 4.79 Å². The highest BCUT2D eigenvalue weighted by Crippen LogP contribution is 2.24. The van der Waals surface area contributed by atoms with Gasteiger partial charge in [-0.25, -0.2) is 4.98 Å². The summed E-state index contributed by atoms with van der Waals surface area (Å²) in [6.07, 6.45) is 0. The van der Waals surface area contributed by atoms with Gasteiger partial charge in [0.2, 0.25) is 5.91 Å². The number of hydrogen-bond acceptors (Lipinski definition) is 4. The van der Waals surface area contributed by atoms with Crippen molar-refractivity contribution in [3.63, 3.8) is 0 Å². The number of thiazole rings is 1. The zero-order valence-corrected chi connectivity index (χ0v) is 16.4. The maximum absolute atomic E-state index is 12.6. The zero-order chi connectivity index (χ0) is 17.5. The number of rotatable bonds is 8. The van der Waals surface area contributed by atoms with E-state index in [-0.39, 0.29) is 11.2 Å². The average molecular weight is 363 g/mol. The summed E-state index contributed by atoms with van der Waals surface area (Å²) < 4.78 is 0. The van der Waals surface area contributed by atoms with Crippen LogP contribution in [-0.4, -0.2) is 16.1 Å². The van der Waals surface area contributed by atoms with Crippen LogP contribution in [0.3, 0.4) is 0 Å². The highest BCUT2D eigenvalue weighted by Gasteiger charge is 2.22. The van der Waals surface area contributed by atoms with Crippen LogP contribution in [0.15, 0.2) is 35.7 Å². The lowest BCUT2D eigenvalue weighted by atomic mass is 10.1. The lowest BCUT2D eigenvalue weighted by molar-refractivity contribution is -0.121. The third-order valence-corrected chi connectivity index (χ3v) is 6.46. The van der Waals surface area contributed by atoms with Crippen LogP contribution in [0.2, 0.25) is 0 Å². The molecular weight excluding hydrogens is 336 g/mol. The van der Waals surface area contributed by atoms with Crippen molar-refractivity contribution in [3.8, 4) is 0 Å². The fourth-order valence-corrected chi connectivity index (χ4v) is 4.30. The molecule has 1 unspecified atom stereocenters. The van der Waals surface area contributed by atoms with E-state index in [9.17, 15) is 4.79 Å². The molecule has 1 aromatic carbocycles. The summed E-state index contributed by atoms with van der Waals surface area (Å²) in [5.41, 5.74) is 2.20. The van der Waals surface area contributed by atoms with E-state index in [2.05, 4.69) is 50.1 Å². The monoisotopic (exact) mass is 362 g/mol. The van der Waals surface area contributed by atoms with Crippen LogP contribution >= 0.6 is 23.1 Å². The summed E-state index contributed by atoms with van der Waals surface area (Å²) in [7, 11) is 0. The molecule has 0 saturated carbocycles. The Morgan fingerprint density at radius 3 is 2.50 bits per heavy atom. The van der Waals surface area contributed by atoms with Crippen molar-refractivity contribution in [2.45, 2.75) is 51.2 Å². The van der Waals surface area contributed by atoms with Crippen molar-refractivity contribution in [2.75, 3.05) is 0 Å². The molecule has 1 N–H and O–H groups in total. The van der Waals surface area contributed by atoms with E-state index in [1.807, 2.05) is 23.6 Å². The second-order valence-corrected chi connectivity index (χ2v) is 8.53. The van der Waals surface area contributed by atoms with E-state index in [1.54, 1.807) is 23.1 Å². The normalized spacial score (nSPS) is 12.6. The summed E-state index contributed by atoms with van der Waals surface area (Å²) in [6.45, 7) is 8.98. The van der Waals surface area contributed by atoms with Gasteiger partial charge in [-0.15, -0.1) is 23.1 Å². The van der Waals surface area contributed by atoms with E-state index < -0.39 is 0 Å². The van der Waals surface area contributed by atoms with Gasteiger partial charge in [0.05, 0.1) is 22.5 Å². The van der Waals surface area contributed by atoms with Crippen LogP contribution in [0, 0.1) is 5.92 Å². The molecule has 130 valence electrons. The molecule has 0 radical (unpaired) electrons. The zero-order valence-electron chi connectivity index (χ0n) is 14.8. The molecule has 0 aliphatic heterocycles. The highest BCUT2D eigenvalue weighted by molar-refractivity contribution is 7.99. The van der Waals surface area contributed by atoms with Crippen LogP contribution in [-0.2, 0) is 17.1 Å². The molecule has 24 heavy (non-hydrogen) atoms. The Labute approximate surface area is 153 Å². The Hall–Kier alpha value is -1.33. The molecule has 1 atom stereocenters. The molecule has 1 amide bonds. The van der Waals surface area contributed by atoms with E-state index >= 15 is 0 Å². The number of thioether (sulfide) groups is 1. The van der Waals surface area contributed by atoms with Gasteiger partial charge in [-0.05, 0) is 11.5 Å². The summed E-state index contributed by atoms with van der Waals surface area (Å²) in [5.74, 6) is 1.68. The average Bonchev–Trinajstić information content (AvgIpc) is 3.03. The first-order valence-corrected chi connectivity index (χ1v) is 10.3. The molecule has 0 spiro atoms. The fourth-order valence-electron chi connectivity index (χ4n) is 2.28. The van der Waals surface area contributed by atoms with Gasteiger partial charge in [0, 0.05) is 17.1 Å². The predicted octanol–water partition coefficient (Wildman–Crippen LogP) is 4.84. The summed E-state index contributed by atoms with van der Waals surface area (Å²) in [4.78, 5) is 17.1. The summed E-state index contributed by atoms with van der Waals surface area (Å²) >= 11 is 3.37. The SMILES string of the molecule is CC(C)c1nc(CNC(=O)C(SCc2ccccc2)C(C)C)cs1. The number of carbonyl (C=O) groups excluding carboxylic acids is 1. The lowest BCUT2D eigenvalue weighted by Crippen LogP contribution is -2.35. The van der Waals surface area contributed by atoms with Crippen molar-refractivity contribution in [2.24, 2.45) is 5.92 Å². The number of amides is 1. The molecule has 0 saturated heterocycles. The van der Waals surface area contributed by atoms with Gasteiger partial charge in [-0.2, -0.15) is 0 Å². The molecule has 1 heterocycles. The summed E-state index contributed by atoms with van der Waals surface area (Å²) in [6, 6.07) is 10.3. The van der Waals surface area contributed by atoms with Crippen molar-refractivity contribution in [3.05, 3.63) is 52.0 Å². The number of carbonyl (C=O) groups is 1. The van der Waals surface area contributed by atoms with Crippen molar-refractivity contribution in [1.82, 2.24) is 10.3 Å². The van der Waals surface area contributed by atoms with Crippen molar-refractivity contribution >= 4 is 29.0 Å². The minimum absolute atomic E-state index is 0.0478. The molecule has 0 aliphatic rings. The summed E-state index contributed by atoms with van der Waals surface area (Å²) in [5, 5.41) is 6.17. The second-order valence-electron chi connectivity index (χ2n) is 6.51. The number of aromatic nitrogens is 1. The molecule has 2 rings (SSSR count). The first-order valence-electron chi connectivity index (χ1n) is 8.35. The second kappa shape index (κ2) is 9.23. The standard InChI is InChI=1S/C19H26N2OS2/c1-13(2)17(23-11-15-8-6-5-7-9-15)18(22)20-10-16-12-24-19(21-16)14(3)4/h5-9,12-14,17H,10-11H2,1-4H3,(H,20,22). The minimum Gasteiger partial charge on any atom is -0.349 e. The molecule has 5 heteroatoms. The Bertz CT molecular complexity index is 638. The van der Waals surface area contributed by atoms with E-state index in [4.69, 9.17) is 0 Å². The molecule has 0 fully saturated rings. The maximum Gasteiger partial charge on any atom is 0.233 e. The van der Waals surface area contributed by atoms with Gasteiger partial charge in [0.25, 0.3) is 0 Å². The van der Waals surface area contributed by atoms with Crippen LogP contribution in [0.4, 0.5) is 0 Å². The first kappa shape index (κ1) is 19.0. The van der Waals surface area contributed by atoms with Gasteiger partial charge >= 0.3 is 0 Å². The number of nitrogens with zero attached hydrogens (tertiary/aromatic N) is 1. The third-order valence-electron chi connectivity index (χ3n) is 3.64. The number of benzene rings is 1. The Balaban J connectivity index is 1.88. The Kier molecular flexibility index (Phi) is 7.31. The van der Waals surface area contributed by atoms with Crippen LogP contribution in [0.25, 0.3) is 0 Å². The molecule has 3 nitrogen and oxygen atoms in total. The molecule has 2 aromatic rings. The van der Waals surface area contributed by atoms with E-state index in [1.165, 1.54) is 5.56 Å². The number of nitrogens with one attached hydrogen (secondary N) is 1. The maximum atomic E-state index is 12.6. The van der Waals surface area contributed by atoms with Gasteiger partial charge in [0.1, 0.15) is 0 Å². The minimum atomic E-state index is -0.0478. The van der Waals surface area contributed by atoms with Crippen LogP contribution in [0.1, 0.15) is 49.9 Å². The topological polar surface area (TPSA) is 42.0 Å².